The number of pyridine rings is 1. The van der Waals surface area contributed by atoms with Crippen molar-refractivity contribution in [3.8, 4) is 0 Å². The van der Waals surface area contributed by atoms with Crippen LogP contribution in [0.5, 0.6) is 0 Å². The van der Waals surface area contributed by atoms with Crippen molar-refractivity contribution in [2.24, 2.45) is 0 Å². The van der Waals surface area contributed by atoms with Crippen LogP contribution in [-0.2, 0) is 19.3 Å². The first kappa shape index (κ1) is 16.2. The number of benzene rings is 1. The Labute approximate surface area is 140 Å². The van der Waals surface area contributed by atoms with E-state index in [1.807, 2.05) is 6.20 Å². The van der Waals surface area contributed by atoms with Gasteiger partial charge in [-0.15, -0.1) is 0 Å². The second-order valence-corrected chi connectivity index (χ2v) is 6.76. The highest BCUT2D eigenvalue weighted by atomic mass is 15.1. The van der Waals surface area contributed by atoms with Crippen molar-refractivity contribution in [1.29, 1.82) is 0 Å². The van der Waals surface area contributed by atoms with Gasteiger partial charge in [-0.3, -0.25) is 4.98 Å². The number of hydrogen-bond acceptors (Lipinski definition) is 2. The van der Waals surface area contributed by atoms with E-state index in [4.69, 9.17) is 0 Å². The normalized spacial score (nSPS) is 17.7. The van der Waals surface area contributed by atoms with Gasteiger partial charge in [0.2, 0.25) is 0 Å². The van der Waals surface area contributed by atoms with E-state index in [2.05, 4.69) is 59.4 Å². The van der Waals surface area contributed by atoms with E-state index in [0.29, 0.717) is 6.04 Å². The van der Waals surface area contributed by atoms with Crippen LogP contribution in [0.2, 0.25) is 0 Å². The number of hydrogen-bond donors (Lipinski definition) is 0. The number of unbranched alkanes of at least 4 members (excludes halogenated alkanes) is 1. The first-order chi connectivity index (χ1) is 11.3. The molecule has 2 nitrogen and oxygen atoms in total. The standard InChI is InChI=1S/C21H28N2/c1-23(17-6-5-10-18-8-3-2-4-9-18)20-13-12-19-11-7-16-22-21(19)15-14-20/h2-4,7-9,11,16,20H,5-6,10,12-15,17H2,1H3. The van der Waals surface area contributed by atoms with Crippen molar-refractivity contribution >= 4 is 0 Å². The summed E-state index contributed by atoms with van der Waals surface area (Å²) in [5.41, 5.74) is 4.26. The van der Waals surface area contributed by atoms with E-state index in [1.54, 1.807) is 0 Å². The summed E-state index contributed by atoms with van der Waals surface area (Å²) in [6, 6.07) is 15.9. The largest absolute Gasteiger partial charge is 0.303 e. The highest BCUT2D eigenvalue weighted by molar-refractivity contribution is 5.21. The quantitative estimate of drug-likeness (QED) is 0.585. The minimum Gasteiger partial charge on any atom is -0.303 e. The highest BCUT2D eigenvalue weighted by Crippen LogP contribution is 2.22. The van der Waals surface area contributed by atoms with E-state index < -0.39 is 0 Å². The molecule has 0 saturated carbocycles. The topological polar surface area (TPSA) is 16.1 Å². The number of aromatic nitrogens is 1. The van der Waals surface area contributed by atoms with Crippen molar-refractivity contribution < 1.29 is 0 Å². The summed E-state index contributed by atoms with van der Waals surface area (Å²) in [4.78, 5) is 7.14. The number of nitrogens with zero attached hydrogens (tertiary/aromatic N) is 2. The third-order valence-corrected chi connectivity index (χ3v) is 5.14. The lowest BCUT2D eigenvalue weighted by Crippen LogP contribution is -2.32. The zero-order chi connectivity index (χ0) is 15.9. The van der Waals surface area contributed by atoms with Crippen LogP contribution in [0.3, 0.4) is 0 Å². The van der Waals surface area contributed by atoms with Crippen LogP contribution < -0.4 is 0 Å². The van der Waals surface area contributed by atoms with Gasteiger partial charge in [-0.05, 0) is 75.7 Å². The predicted octanol–water partition coefficient (Wildman–Crippen LogP) is 4.28. The summed E-state index contributed by atoms with van der Waals surface area (Å²) in [7, 11) is 2.30. The fraction of sp³-hybridized carbons (Fsp3) is 0.476. The molecule has 1 aliphatic carbocycles. The molecule has 0 fully saturated rings. The van der Waals surface area contributed by atoms with E-state index >= 15 is 0 Å². The average molecular weight is 308 g/mol. The third-order valence-electron chi connectivity index (χ3n) is 5.14. The smallest absolute Gasteiger partial charge is 0.0436 e. The Hall–Kier alpha value is -1.67. The van der Waals surface area contributed by atoms with Gasteiger partial charge in [0.1, 0.15) is 0 Å². The van der Waals surface area contributed by atoms with Crippen molar-refractivity contribution in [2.75, 3.05) is 13.6 Å². The molecule has 1 atom stereocenters. The molecule has 1 heterocycles. The Balaban J connectivity index is 1.41. The van der Waals surface area contributed by atoms with Gasteiger partial charge in [-0.2, -0.15) is 0 Å². The molecule has 122 valence electrons. The molecule has 2 heteroatoms. The summed E-state index contributed by atoms with van der Waals surface area (Å²) in [5, 5.41) is 0. The van der Waals surface area contributed by atoms with E-state index in [9.17, 15) is 0 Å². The zero-order valence-electron chi connectivity index (χ0n) is 14.2. The fourth-order valence-corrected chi connectivity index (χ4v) is 3.65. The van der Waals surface area contributed by atoms with Gasteiger partial charge in [0.25, 0.3) is 0 Å². The summed E-state index contributed by atoms with van der Waals surface area (Å²) >= 11 is 0. The van der Waals surface area contributed by atoms with Gasteiger partial charge in [0.15, 0.2) is 0 Å². The summed E-state index contributed by atoms with van der Waals surface area (Å²) in [6.45, 7) is 1.21. The molecule has 1 aromatic heterocycles. The zero-order valence-corrected chi connectivity index (χ0v) is 14.2. The SMILES string of the molecule is CN(CCCCc1ccccc1)C1CCc2cccnc2CC1. The Morgan fingerprint density at radius 3 is 2.70 bits per heavy atom. The number of fused-ring (bicyclic) bond motifs is 1. The molecular formula is C21H28N2. The van der Waals surface area contributed by atoms with Crippen LogP contribution >= 0.6 is 0 Å². The molecule has 1 aromatic carbocycles. The van der Waals surface area contributed by atoms with Gasteiger partial charge < -0.3 is 4.90 Å². The molecule has 2 aromatic rings. The lowest BCUT2D eigenvalue weighted by atomic mass is 10.1. The van der Waals surface area contributed by atoms with Crippen LogP contribution in [0, 0.1) is 0 Å². The van der Waals surface area contributed by atoms with Crippen LogP contribution in [0.15, 0.2) is 48.7 Å². The van der Waals surface area contributed by atoms with Crippen LogP contribution in [0.1, 0.15) is 42.5 Å². The van der Waals surface area contributed by atoms with Gasteiger partial charge in [0, 0.05) is 17.9 Å². The Morgan fingerprint density at radius 1 is 1.00 bits per heavy atom. The van der Waals surface area contributed by atoms with Crippen molar-refractivity contribution in [1.82, 2.24) is 9.88 Å². The third kappa shape index (κ3) is 4.65. The molecule has 0 spiro atoms. The van der Waals surface area contributed by atoms with E-state index in [0.717, 1.165) is 6.42 Å². The second-order valence-electron chi connectivity index (χ2n) is 6.76. The van der Waals surface area contributed by atoms with E-state index in [-0.39, 0.29) is 0 Å². The van der Waals surface area contributed by atoms with E-state index in [1.165, 1.54) is 61.9 Å². The van der Waals surface area contributed by atoms with Crippen LogP contribution in [0.25, 0.3) is 0 Å². The minimum absolute atomic E-state index is 0.709. The maximum Gasteiger partial charge on any atom is 0.0436 e. The summed E-state index contributed by atoms with van der Waals surface area (Å²) in [5.74, 6) is 0. The number of aryl methyl sites for hydroxylation is 3. The van der Waals surface area contributed by atoms with Gasteiger partial charge in [0.05, 0.1) is 0 Å². The van der Waals surface area contributed by atoms with Crippen molar-refractivity contribution in [2.45, 2.75) is 51.0 Å². The Kier molecular flexibility index (Phi) is 5.82. The first-order valence-electron chi connectivity index (χ1n) is 9.00. The maximum atomic E-state index is 4.56. The second kappa shape index (κ2) is 8.26. The molecular weight excluding hydrogens is 280 g/mol. The molecule has 3 rings (SSSR count). The van der Waals surface area contributed by atoms with Crippen LogP contribution in [-0.4, -0.2) is 29.5 Å². The summed E-state index contributed by atoms with van der Waals surface area (Å²) < 4.78 is 0. The Bertz CT molecular complexity index is 567. The van der Waals surface area contributed by atoms with Gasteiger partial charge in [-0.1, -0.05) is 36.4 Å². The molecule has 0 bridgehead atoms. The Morgan fingerprint density at radius 2 is 1.83 bits per heavy atom. The van der Waals surface area contributed by atoms with Crippen molar-refractivity contribution in [3.63, 3.8) is 0 Å². The molecule has 0 radical (unpaired) electrons. The fourth-order valence-electron chi connectivity index (χ4n) is 3.65. The molecule has 0 saturated heterocycles. The molecule has 1 aliphatic rings. The number of rotatable bonds is 6. The molecule has 23 heavy (non-hydrogen) atoms. The average Bonchev–Trinajstić information content (AvgIpc) is 2.82. The molecule has 0 amide bonds. The monoisotopic (exact) mass is 308 g/mol. The predicted molar refractivity (Wildman–Crippen MR) is 96.7 cm³/mol. The highest BCUT2D eigenvalue weighted by Gasteiger charge is 2.19. The maximum absolute atomic E-state index is 4.56. The van der Waals surface area contributed by atoms with Gasteiger partial charge in [-0.25, -0.2) is 0 Å². The lowest BCUT2D eigenvalue weighted by molar-refractivity contribution is 0.218. The lowest BCUT2D eigenvalue weighted by Gasteiger charge is -2.27. The molecule has 0 aliphatic heterocycles. The molecule has 0 N–H and O–H groups in total. The summed E-state index contributed by atoms with van der Waals surface area (Å²) in [6.07, 6.45) is 10.5. The minimum atomic E-state index is 0.709. The van der Waals surface area contributed by atoms with Crippen molar-refractivity contribution in [3.05, 3.63) is 65.5 Å². The first-order valence-corrected chi connectivity index (χ1v) is 9.00. The van der Waals surface area contributed by atoms with Gasteiger partial charge >= 0.3 is 0 Å². The van der Waals surface area contributed by atoms with Crippen LogP contribution in [0.4, 0.5) is 0 Å². The molecule has 1 unspecified atom stereocenters.